The summed E-state index contributed by atoms with van der Waals surface area (Å²) in [5, 5.41) is 0. The fraction of sp³-hybridized carbons (Fsp3) is 1.00. The normalized spacial score (nSPS) is 43.5. The van der Waals surface area contributed by atoms with Crippen molar-refractivity contribution in [1.29, 1.82) is 0 Å². The summed E-state index contributed by atoms with van der Waals surface area (Å²) in [7, 11) is 1.02. The van der Waals surface area contributed by atoms with Gasteiger partial charge in [0.1, 0.15) is 0 Å². The highest BCUT2D eigenvalue weighted by molar-refractivity contribution is 7.95. The van der Waals surface area contributed by atoms with Crippen LogP contribution in [0.1, 0.15) is 6.92 Å². The molecule has 1 fully saturated rings. The Balaban J connectivity index is 2.25. The molecule has 0 aliphatic carbocycles. The molecule has 1 aliphatic heterocycles. The minimum atomic E-state index is 0.782. The van der Waals surface area contributed by atoms with Gasteiger partial charge in [-0.15, -0.1) is 0 Å². The van der Waals surface area contributed by atoms with Crippen LogP contribution < -0.4 is 0 Å². The Morgan fingerprint density at radius 2 is 2.50 bits per heavy atom. The predicted octanol–water partition coefficient (Wildman–Crippen LogP) is 1.01. The van der Waals surface area contributed by atoms with Gasteiger partial charge in [0.25, 0.3) is 0 Å². The predicted molar refractivity (Wildman–Crippen MR) is 30.5 cm³/mol. The van der Waals surface area contributed by atoms with E-state index in [4.69, 9.17) is 11.8 Å². The molecule has 1 saturated heterocycles. The van der Waals surface area contributed by atoms with Crippen LogP contribution in [0.2, 0.25) is 0 Å². The van der Waals surface area contributed by atoms with Gasteiger partial charge in [-0.3, -0.25) is 0 Å². The highest BCUT2D eigenvalue weighted by Gasteiger charge is 2.26. The molecule has 1 aliphatic rings. The smallest absolute Gasteiger partial charge is 0.0618 e. The van der Waals surface area contributed by atoms with Gasteiger partial charge < -0.3 is 0 Å². The molecular weight excluding hydrogens is 113 g/mol. The molecular formula is C3H6NPS. The van der Waals surface area contributed by atoms with Crippen molar-refractivity contribution in [3.05, 3.63) is 0 Å². The Kier molecular flexibility index (Phi) is 1.18. The van der Waals surface area contributed by atoms with Crippen LogP contribution in [0.25, 0.3) is 0 Å². The summed E-state index contributed by atoms with van der Waals surface area (Å²) >= 11 is 4.71. The fourth-order valence-corrected chi connectivity index (χ4v) is 1.48. The van der Waals surface area contributed by atoms with Crippen molar-refractivity contribution >= 4 is 19.3 Å². The highest BCUT2D eigenvalue weighted by atomic mass is 32.4. The van der Waals surface area contributed by atoms with E-state index in [1.165, 1.54) is 6.54 Å². The maximum Gasteiger partial charge on any atom is 0.0618 e. The number of hydrogen-bond donors (Lipinski definition) is 0. The van der Waals surface area contributed by atoms with Gasteiger partial charge in [0.2, 0.25) is 0 Å². The zero-order chi connectivity index (χ0) is 4.57. The van der Waals surface area contributed by atoms with Crippen LogP contribution in [0.3, 0.4) is 0 Å². The van der Waals surface area contributed by atoms with Gasteiger partial charge in [-0.2, -0.15) is 0 Å². The molecule has 0 amide bonds. The van der Waals surface area contributed by atoms with Crippen molar-refractivity contribution in [3.8, 4) is 0 Å². The lowest BCUT2D eigenvalue weighted by atomic mass is 10.6. The van der Waals surface area contributed by atoms with E-state index in [2.05, 4.69) is 11.6 Å². The molecule has 2 unspecified atom stereocenters. The van der Waals surface area contributed by atoms with E-state index in [0.29, 0.717) is 0 Å². The first kappa shape index (κ1) is 4.63. The van der Waals surface area contributed by atoms with Crippen LogP contribution in [0.4, 0.5) is 0 Å². The summed E-state index contributed by atoms with van der Waals surface area (Å²) in [5.41, 5.74) is 0. The molecule has 0 bridgehead atoms. The molecule has 0 saturated carbocycles. The number of rotatable bonds is 1. The molecule has 1 rings (SSSR count). The second-order valence-electron chi connectivity index (χ2n) is 1.55. The Labute approximate surface area is 44.2 Å². The maximum atomic E-state index is 4.71. The average molecular weight is 119 g/mol. The van der Waals surface area contributed by atoms with Gasteiger partial charge in [0.15, 0.2) is 0 Å². The molecule has 34 valence electrons. The van der Waals surface area contributed by atoms with Crippen molar-refractivity contribution in [2.24, 2.45) is 0 Å². The van der Waals surface area contributed by atoms with Gasteiger partial charge in [-0.1, -0.05) is 0 Å². The first-order valence-electron chi connectivity index (χ1n) is 1.94. The lowest BCUT2D eigenvalue weighted by Crippen LogP contribution is -1.74. The van der Waals surface area contributed by atoms with E-state index in [1.807, 2.05) is 0 Å². The zero-order valence-electron chi connectivity index (χ0n) is 3.59. The molecule has 0 N–H and O–H groups in total. The number of nitrogens with zero attached hydrogens (tertiary/aromatic N) is 1. The molecule has 0 aromatic rings. The van der Waals surface area contributed by atoms with Gasteiger partial charge in [0.05, 0.1) is 7.51 Å². The van der Waals surface area contributed by atoms with Gasteiger partial charge in [-0.25, -0.2) is 4.67 Å². The Bertz CT molecular complexity index is 75.2. The van der Waals surface area contributed by atoms with Crippen LogP contribution in [0, 0.1) is 0 Å². The lowest BCUT2D eigenvalue weighted by Gasteiger charge is -1.76. The Morgan fingerprint density at radius 3 is 2.50 bits per heavy atom. The van der Waals surface area contributed by atoms with Gasteiger partial charge >= 0.3 is 0 Å². The summed E-state index contributed by atoms with van der Waals surface area (Å²) in [4.78, 5) is 0. The van der Waals surface area contributed by atoms with Crippen LogP contribution >= 0.6 is 7.51 Å². The third kappa shape index (κ3) is 0.754. The minimum absolute atomic E-state index is 0.782. The first-order valence-corrected chi connectivity index (χ1v) is 3.80. The summed E-state index contributed by atoms with van der Waals surface area (Å²) in [6.45, 7) is 3.39. The lowest BCUT2D eigenvalue weighted by molar-refractivity contribution is 0.848. The van der Waals surface area contributed by atoms with Crippen molar-refractivity contribution in [2.45, 2.75) is 13.0 Å². The van der Waals surface area contributed by atoms with E-state index in [9.17, 15) is 0 Å². The number of hydrogen-bond acceptors (Lipinski definition) is 1. The molecule has 6 heavy (non-hydrogen) atoms. The highest BCUT2D eigenvalue weighted by Crippen LogP contribution is 2.24. The van der Waals surface area contributed by atoms with Crippen LogP contribution in [-0.4, -0.2) is 17.3 Å². The monoisotopic (exact) mass is 119 g/mol. The first-order chi connectivity index (χ1) is 2.84. The quantitative estimate of drug-likeness (QED) is 0.374. The van der Waals surface area contributed by atoms with Crippen LogP contribution in [0.15, 0.2) is 0 Å². The average Bonchev–Trinajstić information content (AvgIpc) is 2.19. The summed E-state index contributed by atoms with van der Waals surface area (Å²) in [6, 6.07) is 0.782. The summed E-state index contributed by atoms with van der Waals surface area (Å²) in [5.74, 6) is 0. The van der Waals surface area contributed by atoms with Crippen LogP contribution in [-0.2, 0) is 11.8 Å². The third-order valence-electron chi connectivity index (χ3n) is 0.931. The standard InChI is InChI=1S/C3H6NPS/c1-3-2-4(3)5-6/h3H,2H2,1H3. The molecule has 0 radical (unpaired) electrons. The molecule has 0 aromatic carbocycles. The SMILES string of the molecule is CC1CN1P=S. The molecule has 2 atom stereocenters. The Hall–Kier alpha value is 0.480. The van der Waals surface area contributed by atoms with Gasteiger partial charge in [0, 0.05) is 12.6 Å². The van der Waals surface area contributed by atoms with Crippen molar-refractivity contribution in [3.63, 3.8) is 0 Å². The fourth-order valence-electron chi connectivity index (χ4n) is 0.337. The summed E-state index contributed by atoms with van der Waals surface area (Å²) < 4.78 is 2.20. The molecule has 3 heteroatoms. The molecule has 0 aromatic heterocycles. The van der Waals surface area contributed by atoms with Crippen LogP contribution in [0.5, 0.6) is 0 Å². The molecule has 0 spiro atoms. The second-order valence-corrected chi connectivity index (χ2v) is 2.72. The molecule has 1 heterocycles. The van der Waals surface area contributed by atoms with E-state index < -0.39 is 0 Å². The van der Waals surface area contributed by atoms with E-state index in [-0.39, 0.29) is 0 Å². The van der Waals surface area contributed by atoms with Gasteiger partial charge in [-0.05, 0) is 18.7 Å². The summed E-state index contributed by atoms with van der Waals surface area (Å²) in [6.07, 6.45) is 0. The maximum absolute atomic E-state index is 4.71. The zero-order valence-corrected chi connectivity index (χ0v) is 5.30. The van der Waals surface area contributed by atoms with E-state index >= 15 is 0 Å². The van der Waals surface area contributed by atoms with E-state index in [0.717, 1.165) is 13.5 Å². The van der Waals surface area contributed by atoms with E-state index in [1.54, 1.807) is 0 Å². The topological polar surface area (TPSA) is 3.01 Å². The van der Waals surface area contributed by atoms with Crippen molar-refractivity contribution in [2.75, 3.05) is 6.54 Å². The second kappa shape index (κ2) is 1.53. The Morgan fingerprint density at radius 1 is 2.00 bits per heavy atom. The van der Waals surface area contributed by atoms with Crippen molar-refractivity contribution < 1.29 is 0 Å². The minimum Gasteiger partial charge on any atom is -0.243 e. The largest absolute Gasteiger partial charge is 0.243 e. The molecule has 1 nitrogen and oxygen atoms in total. The van der Waals surface area contributed by atoms with Crippen molar-refractivity contribution in [1.82, 2.24) is 4.67 Å². The third-order valence-corrected chi connectivity index (χ3v) is 2.33.